The molecule has 0 saturated heterocycles. The molecule has 1 rings (SSSR count). The Balaban J connectivity index is 2.57. The first-order valence-electron chi connectivity index (χ1n) is 6.33. The molecule has 0 bridgehead atoms. The minimum Gasteiger partial charge on any atom is -0.391 e. The maximum absolute atomic E-state index is 12.0. The van der Waals surface area contributed by atoms with Crippen LogP contribution in [-0.2, 0) is 4.79 Å². The van der Waals surface area contributed by atoms with Gasteiger partial charge in [0.25, 0.3) is 0 Å². The summed E-state index contributed by atoms with van der Waals surface area (Å²) >= 11 is 6.59. The number of nitrogens with two attached hydrogens (primary N) is 1. The highest BCUT2D eigenvalue weighted by Gasteiger charge is 2.31. The Bertz CT molecular complexity index is 430. The van der Waals surface area contributed by atoms with Crippen LogP contribution < -0.4 is 11.1 Å². The van der Waals surface area contributed by atoms with Gasteiger partial charge in [-0.1, -0.05) is 44.3 Å². The van der Waals surface area contributed by atoms with E-state index in [0.29, 0.717) is 23.6 Å². The molecule has 5 heteroatoms. The van der Waals surface area contributed by atoms with Crippen molar-refractivity contribution in [3.8, 4) is 0 Å². The first-order valence-corrected chi connectivity index (χ1v) is 7.72. The highest BCUT2D eigenvalue weighted by Crippen LogP contribution is 2.19. The molecule has 0 aromatic heterocycles. The molecule has 0 aliphatic carbocycles. The molecule has 0 saturated carbocycles. The van der Waals surface area contributed by atoms with E-state index < -0.39 is 5.54 Å². The molecular weight excluding hydrogens is 276 g/mol. The summed E-state index contributed by atoms with van der Waals surface area (Å²) in [6.45, 7) is 3.96. The van der Waals surface area contributed by atoms with E-state index >= 15 is 0 Å². The zero-order valence-electron chi connectivity index (χ0n) is 11.3. The number of hydrogen-bond acceptors (Lipinski definition) is 3. The summed E-state index contributed by atoms with van der Waals surface area (Å²) in [4.78, 5) is 13.4. The van der Waals surface area contributed by atoms with Crippen molar-refractivity contribution in [1.82, 2.24) is 5.32 Å². The topological polar surface area (TPSA) is 55.1 Å². The van der Waals surface area contributed by atoms with Gasteiger partial charge in [-0.2, -0.15) is 0 Å². The fourth-order valence-electron chi connectivity index (χ4n) is 1.81. The molecule has 3 N–H and O–H groups in total. The number of nitrogens with one attached hydrogen (secondary N) is 1. The van der Waals surface area contributed by atoms with Crippen molar-refractivity contribution in [2.45, 2.75) is 37.1 Å². The van der Waals surface area contributed by atoms with Gasteiger partial charge in [-0.05, 0) is 25.0 Å². The van der Waals surface area contributed by atoms with E-state index in [2.05, 4.69) is 5.32 Å². The summed E-state index contributed by atoms with van der Waals surface area (Å²) in [5, 5.41) is 2.97. The number of hydrogen-bond donors (Lipinski definition) is 2. The fraction of sp³-hybridized carbons (Fsp3) is 0.429. The van der Waals surface area contributed by atoms with Crippen molar-refractivity contribution in [3.05, 3.63) is 30.3 Å². The minimum atomic E-state index is -0.552. The summed E-state index contributed by atoms with van der Waals surface area (Å²) in [6.07, 6.45) is 1.42. The van der Waals surface area contributed by atoms with E-state index in [1.54, 1.807) is 0 Å². The quantitative estimate of drug-likeness (QED) is 0.600. The van der Waals surface area contributed by atoms with Crippen LogP contribution in [0.1, 0.15) is 26.7 Å². The van der Waals surface area contributed by atoms with Crippen molar-refractivity contribution >= 4 is 34.9 Å². The van der Waals surface area contributed by atoms with Crippen LogP contribution in [0, 0.1) is 0 Å². The van der Waals surface area contributed by atoms with Crippen molar-refractivity contribution in [2.24, 2.45) is 5.73 Å². The Morgan fingerprint density at radius 3 is 2.37 bits per heavy atom. The predicted molar refractivity (Wildman–Crippen MR) is 85.4 cm³/mol. The lowest BCUT2D eigenvalue weighted by atomic mass is 9.93. The summed E-state index contributed by atoms with van der Waals surface area (Å²) in [7, 11) is 0. The molecular formula is C14H20N2OS2. The van der Waals surface area contributed by atoms with E-state index in [1.165, 1.54) is 11.8 Å². The number of thiocarbonyl (C=S) groups is 1. The van der Waals surface area contributed by atoms with Crippen LogP contribution in [0.5, 0.6) is 0 Å². The lowest BCUT2D eigenvalue weighted by Gasteiger charge is -2.31. The first kappa shape index (κ1) is 16.0. The van der Waals surface area contributed by atoms with Gasteiger partial charge >= 0.3 is 0 Å². The Morgan fingerprint density at radius 1 is 1.32 bits per heavy atom. The van der Waals surface area contributed by atoms with E-state index in [1.807, 2.05) is 44.2 Å². The molecule has 0 spiro atoms. The molecule has 1 aromatic rings. The van der Waals surface area contributed by atoms with Gasteiger partial charge in [0.05, 0.1) is 16.3 Å². The second-order valence-electron chi connectivity index (χ2n) is 4.30. The third-order valence-electron chi connectivity index (χ3n) is 3.17. The van der Waals surface area contributed by atoms with Crippen LogP contribution in [0.4, 0.5) is 0 Å². The molecule has 3 nitrogen and oxygen atoms in total. The summed E-state index contributed by atoms with van der Waals surface area (Å²) in [5.41, 5.74) is 5.21. The van der Waals surface area contributed by atoms with Crippen molar-refractivity contribution < 1.29 is 4.79 Å². The van der Waals surface area contributed by atoms with Gasteiger partial charge in [-0.25, -0.2) is 0 Å². The highest BCUT2D eigenvalue weighted by molar-refractivity contribution is 8.00. The summed E-state index contributed by atoms with van der Waals surface area (Å²) < 4.78 is 0. The van der Waals surface area contributed by atoms with Crippen molar-refractivity contribution in [1.29, 1.82) is 0 Å². The zero-order chi connectivity index (χ0) is 14.3. The largest absolute Gasteiger partial charge is 0.391 e. The molecule has 0 unspecified atom stereocenters. The maximum Gasteiger partial charge on any atom is 0.231 e. The van der Waals surface area contributed by atoms with Crippen LogP contribution in [0.15, 0.2) is 35.2 Å². The van der Waals surface area contributed by atoms with Gasteiger partial charge in [0, 0.05) is 4.90 Å². The SMILES string of the molecule is CCC(CC)(NC(=O)CSc1ccccc1)C(N)=S. The molecule has 0 radical (unpaired) electrons. The summed E-state index contributed by atoms with van der Waals surface area (Å²) in [6, 6.07) is 9.84. The summed E-state index contributed by atoms with van der Waals surface area (Å²) in [5.74, 6) is 0.333. The van der Waals surface area contributed by atoms with Crippen molar-refractivity contribution in [3.63, 3.8) is 0 Å². The second-order valence-corrected chi connectivity index (χ2v) is 5.79. The number of rotatable bonds is 7. The molecule has 0 aliphatic rings. The predicted octanol–water partition coefficient (Wildman–Crippen LogP) is 2.74. The number of thioether (sulfide) groups is 1. The van der Waals surface area contributed by atoms with Crippen LogP contribution in [0.25, 0.3) is 0 Å². The third-order valence-corrected chi connectivity index (χ3v) is 4.57. The number of carbonyl (C=O) groups excluding carboxylic acids is 1. The smallest absolute Gasteiger partial charge is 0.231 e. The van der Waals surface area contributed by atoms with Crippen LogP contribution in [-0.4, -0.2) is 22.2 Å². The van der Waals surface area contributed by atoms with E-state index in [9.17, 15) is 4.79 Å². The van der Waals surface area contributed by atoms with Crippen LogP contribution >= 0.6 is 24.0 Å². The lowest BCUT2D eigenvalue weighted by Crippen LogP contribution is -2.56. The molecule has 0 aliphatic heterocycles. The van der Waals surface area contributed by atoms with Gasteiger partial charge in [0.2, 0.25) is 5.91 Å². The Hall–Kier alpha value is -1.07. The Morgan fingerprint density at radius 2 is 1.89 bits per heavy atom. The molecule has 1 amide bonds. The van der Waals surface area contributed by atoms with Crippen molar-refractivity contribution in [2.75, 3.05) is 5.75 Å². The molecule has 104 valence electrons. The van der Waals surface area contributed by atoms with Crippen LogP contribution in [0.2, 0.25) is 0 Å². The third kappa shape index (κ3) is 4.51. The lowest BCUT2D eigenvalue weighted by molar-refractivity contribution is -0.119. The Kier molecular flexibility index (Phi) is 6.31. The van der Waals surface area contributed by atoms with E-state index in [0.717, 1.165) is 4.90 Å². The van der Waals surface area contributed by atoms with E-state index in [-0.39, 0.29) is 5.91 Å². The number of benzene rings is 1. The minimum absolute atomic E-state index is 0.0367. The molecule has 0 fully saturated rings. The monoisotopic (exact) mass is 296 g/mol. The zero-order valence-corrected chi connectivity index (χ0v) is 12.9. The average molecular weight is 296 g/mol. The molecule has 1 aromatic carbocycles. The standard InChI is InChI=1S/C14H20N2OS2/c1-3-14(4-2,13(15)18)16-12(17)10-19-11-8-6-5-7-9-11/h5-9H,3-4,10H2,1-2H3,(H2,15,18)(H,16,17). The van der Waals surface area contributed by atoms with Gasteiger partial charge in [-0.15, -0.1) is 11.8 Å². The average Bonchev–Trinajstić information content (AvgIpc) is 2.43. The number of amides is 1. The molecule has 0 atom stereocenters. The Labute approximate surface area is 124 Å². The first-order chi connectivity index (χ1) is 9.04. The van der Waals surface area contributed by atoms with E-state index in [4.69, 9.17) is 18.0 Å². The van der Waals surface area contributed by atoms with Gasteiger partial charge in [0.15, 0.2) is 0 Å². The van der Waals surface area contributed by atoms with Crippen LogP contribution in [0.3, 0.4) is 0 Å². The normalized spacial score (nSPS) is 11.1. The van der Waals surface area contributed by atoms with Gasteiger partial charge < -0.3 is 11.1 Å². The fourth-order valence-corrected chi connectivity index (χ4v) is 2.86. The number of carbonyl (C=O) groups is 1. The van der Waals surface area contributed by atoms with Gasteiger partial charge in [-0.3, -0.25) is 4.79 Å². The molecule has 19 heavy (non-hydrogen) atoms. The second kappa shape index (κ2) is 7.50. The van der Waals surface area contributed by atoms with Gasteiger partial charge in [0.1, 0.15) is 0 Å². The maximum atomic E-state index is 12.0. The molecule has 0 heterocycles. The highest BCUT2D eigenvalue weighted by atomic mass is 32.2.